The Hall–Kier alpha value is -2.15. The molecule has 12 heteroatoms. The molecule has 1 aliphatic rings. The molecule has 2 heterocycles. The molecule has 1 aromatic heterocycles. The van der Waals surface area contributed by atoms with Gasteiger partial charge in [0.25, 0.3) is 15.1 Å². The third-order valence-electron chi connectivity index (χ3n) is 5.56. The molecule has 0 atom stereocenters. The van der Waals surface area contributed by atoms with Crippen LogP contribution in [-0.2, 0) is 25.7 Å². The number of anilines is 1. The Balaban J connectivity index is 1.75. The molecule has 0 aliphatic carbocycles. The van der Waals surface area contributed by atoms with Crippen LogP contribution >= 0.6 is 34.7 Å². The summed E-state index contributed by atoms with van der Waals surface area (Å²) in [5.41, 5.74) is 6.13. The van der Waals surface area contributed by atoms with E-state index in [2.05, 4.69) is 10.4 Å². The molecule has 0 bridgehead atoms. The summed E-state index contributed by atoms with van der Waals surface area (Å²) in [5, 5.41) is 12.0. The zero-order valence-corrected chi connectivity index (χ0v) is 23.3. The first-order chi connectivity index (χ1) is 17.1. The van der Waals surface area contributed by atoms with Gasteiger partial charge in [0.2, 0.25) is 12.1 Å². The predicted molar refractivity (Wildman–Crippen MR) is 145 cm³/mol. The predicted octanol–water partition coefficient (Wildman–Crippen LogP) is 4.80. The highest BCUT2D eigenvalue weighted by Crippen LogP contribution is 2.49. The molecule has 4 rings (SSSR count). The Bertz CT molecular complexity index is 1450. The molecule has 3 aromatic rings. The van der Waals surface area contributed by atoms with Crippen molar-refractivity contribution in [2.45, 2.75) is 38.6 Å². The summed E-state index contributed by atoms with van der Waals surface area (Å²) in [6.07, 6.45) is 0.331. The highest BCUT2D eigenvalue weighted by atomic mass is 35.5. The lowest BCUT2D eigenvalue weighted by molar-refractivity contribution is -0.657. The van der Waals surface area contributed by atoms with Crippen molar-refractivity contribution in [2.75, 3.05) is 23.7 Å². The normalized spacial score (nSPS) is 14.9. The lowest BCUT2D eigenvalue weighted by atomic mass is 10.2. The van der Waals surface area contributed by atoms with E-state index in [9.17, 15) is 18.3 Å². The second-order valence-corrected chi connectivity index (χ2v) is 12.5. The topological polar surface area (TPSA) is 99.8 Å². The van der Waals surface area contributed by atoms with Gasteiger partial charge in [-0.15, -0.1) is 0 Å². The summed E-state index contributed by atoms with van der Waals surface area (Å²) >= 11 is 9.41. The van der Waals surface area contributed by atoms with Crippen molar-refractivity contribution < 1.29 is 27.2 Å². The number of carbonyl (C=O) groups is 1. The van der Waals surface area contributed by atoms with Crippen LogP contribution < -0.4 is 14.9 Å². The first-order valence-corrected chi connectivity index (χ1v) is 14.9. The minimum Gasteiger partial charge on any atom is -0.477 e. The van der Waals surface area contributed by atoms with Crippen molar-refractivity contribution in [1.82, 2.24) is 5.48 Å². The van der Waals surface area contributed by atoms with Gasteiger partial charge in [-0.05, 0) is 50.1 Å². The van der Waals surface area contributed by atoms with E-state index in [0.29, 0.717) is 24.5 Å². The number of benzene rings is 2. The van der Waals surface area contributed by atoms with Gasteiger partial charge in [0.15, 0.2) is 0 Å². The van der Waals surface area contributed by atoms with Crippen molar-refractivity contribution in [3.63, 3.8) is 0 Å². The van der Waals surface area contributed by atoms with Crippen LogP contribution in [0.25, 0.3) is 15.8 Å². The van der Waals surface area contributed by atoms with Crippen LogP contribution in [0.15, 0.2) is 46.3 Å². The van der Waals surface area contributed by atoms with Crippen LogP contribution in [0.5, 0.6) is 0 Å². The fourth-order valence-corrected chi connectivity index (χ4v) is 7.41. The van der Waals surface area contributed by atoms with Gasteiger partial charge in [-0.2, -0.15) is 22.7 Å². The van der Waals surface area contributed by atoms with E-state index in [-0.39, 0.29) is 12.3 Å². The third kappa shape index (κ3) is 5.87. The molecule has 0 saturated carbocycles. The maximum absolute atomic E-state index is 12.2. The first kappa shape index (κ1) is 26.9. The second kappa shape index (κ2) is 11.1. The lowest BCUT2D eigenvalue weighted by Crippen LogP contribution is -2.40. The van der Waals surface area contributed by atoms with Crippen molar-refractivity contribution >= 4 is 72.3 Å². The van der Waals surface area contributed by atoms with Gasteiger partial charge in [-0.3, -0.25) is 0 Å². The number of rotatable bonds is 10. The number of nitrogens with one attached hydrogen (secondary N) is 1. The Morgan fingerprint density at radius 1 is 1.25 bits per heavy atom. The van der Waals surface area contributed by atoms with E-state index in [1.54, 1.807) is 30.0 Å². The molecular formula is C24H27ClN3O5S3+. The number of thioether (sulfide) groups is 1. The third-order valence-corrected chi connectivity index (χ3v) is 9.53. The van der Waals surface area contributed by atoms with Gasteiger partial charge in [0, 0.05) is 29.1 Å². The van der Waals surface area contributed by atoms with Crippen LogP contribution in [0.3, 0.4) is 0 Å². The number of halogens is 1. The zero-order valence-electron chi connectivity index (χ0n) is 20.1. The van der Waals surface area contributed by atoms with E-state index < -0.39 is 16.1 Å². The number of aliphatic carboxylic acids is 1. The molecule has 0 radical (unpaired) electrons. The number of carboxylic acids is 1. The number of carboxylic acid groups (broad SMARTS) is 1. The summed E-state index contributed by atoms with van der Waals surface area (Å²) < 4.78 is 32.0. The number of thiazole rings is 1. The average Bonchev–Trinajstić information content (AvgIpc) is 3.35. The van der Waals surface area contributed by atoms with Crippen LogP contribution in [-0.4, -0.2) is 38.3 Å². The van der Waals surface area contributed by atoms with Crippen LogP contribution in [0.2, 0.25) is 5.02 Å². The molecule has 36 heavy (non-hydrogen) atoms. The van der Waals surface area contributed by atoms with Crippen molar-refractivity contribution in [3.8, 4) is 0 Å². The molecule has 0 unspecified atom stereocenters. The van der Waals surface area contributed by atoms with Crippen LogP contribution in [0.1, 0.15) is 30.8 Å². The summed E-state index contributed by atoms with van der Waals surface area (Å²) in [6, 6.07) is 11.7. The molecule has 0 fully saturated rings. The molecule has 8 nitrogen and oxygen atoms in total. The molecule has 0 spiro atoms. The summed E-state index contributed by atoms with van der Waals surface area (Å²) in [4.78, 5) is 14.8. The number of aromatic nitrogens is 1. The van der Waals surface area contributed by atoms with Crippen LogP contribution in [0.4, 0.5) is 5.69 Å². The summed E-state index contributed by atoms with van der Waals surface area (Å²) in [6.45, 7) is 6.35. The summed E-state index contributed by atoms with van der Waals surface area (Å²) in [5.74, 6) is -1.07. The highest BCUT2D eigenvalue weighted by molar-refractivity contribution is 8.04. The van der Waals surface area contributed by atoms with Crippen LogP contribution in [0, 0.1) is 6.92 Å². The Morgan fingerprint density at radius 2 is 2.03 bits per heavy atom. The molecule has 2 N–H and O–H groups in total. The monoisotopic (exact) mass is 568 g/mol. The van der Waals surface area contributed by atoms with Crippen molar-refractivity contribution in [2.24, 2.45) is 0 Å². The summed E-state index contributed by atoms with van der Waals surface area (Å²) in [7, 11) is -3.71. The molecule has 0 saturated heterocycles. The van der Waals surface area contributed by atoms with Crippen molar-refractivity contribution in [1.29, 1.82) is 0 Å². The fraction of sp³-hybridized carbons (Fsp3) is 0.333. The van der Waals surface area contributed by atoms with E-state index in [0.717, 1.165) is 42.0 Å². The number of hydrogen-bond acceptors (Lipinski definition) is 8. The molecule has 1 aliphatic heterocycles. The van der Waals surface area contributed by atoms with Crippen molar-refractivity contribution in [3.05, 3.63) is 57.0 Å². The maximum atomic E-state index is 12.2. The van der Waals surface area contributed by atoms with E-state index >= 15 is 0 Å². The standard InChI is InChI=1S/C24H26ClN3O5S3/c1-4-26-33-36(31,32)11-5-10-27-19-13-17(25)7-9-21(19)34-23(27)16(3)24-28(14-22(29)30)18-12-15(2)6-8-20(18)35-24/h6-9,12-13,26H,4-5,10-11,14H2,1-3H3/p+1. The highest BCUT2D eigenvalue weighted by Gasteiger charge is 2.32. The Labute approximate surface area is 223 Å². The zero-order chi connectivity index (χ0) is 26.0. The first-order valence-electron chi connectivity index (χ1n) is 11.3. The minimum absolute atomic E-state index is 0.148. The van der Waals surface area contributed by atoms with Gasteiger partial charge in [0.05, 0.1) is 22.0 Å². The number of fused-ring (bicyclic) bond motifs is 2. The quantitative estimate of drug-likeness (QED) is 0.266. The number of hydroxylamine groups is 1. The number of nitrogens with zero attached hydrogens (tertiary/aromatic N) is 2. The fourth-order valence-electron chi connectivity index (χ4n) is 4.00. The largest absolute Gasteiger partial charge is 0.477 e. The van der Waals surface area contributed by atoms with E-state index in [4.69, 9.17) is 15.9 Å². The van der Waals surface area contributed by atoms with Gasteiger partial charge in [-0.25, -0.2) is 4.79 Å². The molecular weight excluding hydrogens is 542 g/mol. The molecule has 0 amide bonds. The smallest absolute Gasteiger partial charge is 0.370 e. The van der Waals surface area contributed by atoms with Gasteiger partial charge >= 0.3 is 5.97 Å². The molecule has 192 valence electrons. The Morgan fingerprint density at radius 3 is 2.75 bits per heavy atom. The van der Waals surface area contributed by atoms with Gasteiger partial charge in [0.1, 0.15) is 4.70 Å². The number of aryl methyl sites for hydroxylation is 1. The van der Waals surface area contributed by atoms with E-state index in [1.807, 2.05) is 54.8 Å². The van der Waals surface area contributed by atoms with Gasteiger partial charge < -0.3 is 10.0 Å². The van der Waals surface area contributed by atoms with E-state index in [1.165, 1.54) is 0 Å². The number of hydrogen-bond donors (Lipinski definition) is 2. The maximum Gasteiger partial charge on any atom is 0.370 e. The molecule has 2 aromatic carbocycles. The van der Waals surface area contributed by atoms with Gasteiger partial charge in [-0.1, -0.05) is 47.7 Å². The second-order valence-electron chi connectivity index (χ2n) is 8.35. The number of allylic oxidation sites excluding steroid dienone is 1. The average molecular weight is 569 g/mol. The Kier molecular flexibility index (Phi) is 8.28. The minimum atomic E-state index is -3.71. The lowest BCUT2D eigenvalue weighted by Gasteiger charge is -2.21. The SMILES string of the molecule is CCNOS(=O)(=O)CCCN1C(=C(C)c2sc3ccc(C)cc3[n+]2CC(=O)O)Sc2ccc(Cl)cc21.